The molecule has 1 aliphatic rings. The van der Waals surface area contributed by atoms with Crippen molar-refractivity contribution in [3.05, 3.63) is 81.9 Å². The fourth-order valence-electron chi connectivity index (χ4n) is 4.56. The lowest BCUT2D eigenvalue weighted by Gasteiger charge is -2.09. The first-order valence-corrected chi connectivity index (χ1v) is 12.0. The lowest BCUT2D eigenvalue weighted by Crippen LogP contribution is -2.14. The first kappa shape index (κ1) is 22.3. The third-order valence-corrected chi connectivity index (χ3v) is 6.77. The van der Waals surface area contributed by atoms with E-state index in [1.807, 2.05) is 67.1 Å². The number of carbonyl (C=O) groups excluding carboxylic acids is 1. The number of aromatic nitrogens is 5. The summed E-state index contributed by atoms with van der Waals surface area (Å²) in [7, 11) is 0. The summed E-state index contributed by atoms with van der Waals surface area (Å²) in [5.41, 5.74) is 4.76. The number of aryl methyl sites for hydroxylation is 2. The predicted octanol–water partition coefficient (Wildman–Crippen LogP) is 5.44. The molecule has 34 heavy (non-hydrogen) atoms. The number of benzene rings is 2. The highest BCUT2D eigenvalue weighted by Gasteiger charge is 2.20. The summed E-state index contributed by atoms with van der Waals surface area (Å²) in [6.45, 7) is 5.22. The smallest absolute Gasteiger partial charge is 0.259 e. The maximum Gasteiger partial charge on any atom is 0.259 e. The molecule has 4 aromatic rings. The molecule has 174 valence electrons. The summed E-state index contributed by atoms with van der Waals surface area (Å²) < 4.78 is 4.05. The van der Waals surface area contributed by atoms with Gasteiger partial charge in [-0.3, -0.25) is 9.48 Å². The number of nitrogens with one attached hydrogen (secondary N) is 1. The van der Waals surface area contributed by atoms with Gasteiger partial charge in [0.2, 0.25) is 0 Å². The predicted molar refractivity (Wildman–Crippen MR) is 133 cm³/mol. The average molecular weight is 475 g/mol. The molecule has 2 aromatic heterocycles. The highest BCUT2D eigenvalue weighted by atomic mass is 35.5. The summed E-state index contributed by atoms with van der Waals surface area (Å²) in [5, 5.41) is 17.1. The number of anilines is 1. The van der Waals surface area contributed by atoms with E-state index < -0.39 is 0 Å². The fraction of sp³-hybridized carbons (Fsp3) is 0.308. The van der Waals surface area contributed by atoms with Crippen LogP contribution >= 0.6 is 11.6 Å². The molecular formula is C26H27ClN6O. The van der Waals surface area contributed by atoms with Gasteiger partial charge in [-0.25, -0.2) is 0 Å². The summed E-state index contributed by atoms with van der Waals surface area (Å²) in [6.07, 6.45) is 4.51. The van der Waals surface area contributed by atoms with Crippen LogP contribution in [0.5, 0.6) is 0 Å². The van der Waals surface area contributed by atoms with Crippen LogP contribution < -0.4 is 5.32 Å². The normalized spacial score (nSPS) is 13.4. The van der Waals surface area contributed by atoms with Gasteiger partial charge in [0, 0.05) is 34.9 Å². The van der Waals surface area contributed by atoms with Crippen LogP contribution in [0.1, 0.15) is 52.4 Å². The largest absolute Gasteiger partial charge is 0.322 e. The SMILES string of the molecule is Cc1nn(Cc2ccccc2Cl)c(C)c1C(=O)Nc1ccc(-c2nnc3n2CCCCC3)cc1. The fourth-order valence-corrected chi connectivity index (χ4v) is 4.76. The van der Waals surface area contributed by atoms with Gasteiger partial charge in [0.1, 0.15) is 5.82 Å². The Bertz CT molecular complexity index is 1340. The zero-order chi connectivity index (χ0) is 23.7. The van der Waals surface area contributed by atoms with Gasteiger partial charge in [0.25, 0.3) is 5.91 Å². The van der Waals surface area contributed by atoms with Gasteiger partial charge in [0.05, 0.1) is 17.8 Å². The van der Waals surface area contributed by atoms with Crippen molar-refractivity contribution in [1.29, 1.82) is 0 Å². The maximum absolute atomic E-state index is 13.1. The molecule has 5 rings (SSSR count). The number of rotatable bonds is 5. The molecular weight excluding hydrogens is 448 g/mol. The molecule has 3 heterocycles. The number of nitrogens with zero attached hydrogens (tertiary/aromatic N) is 5. The maximum atomic E-state index is 13.1. The van der Waals surface area contributed by atoms with Gasteiger partial charge < -0.3 is 9.88 Å². The third-order valence-electron chi connectivity index (χ3n) is 6.40. The van der Waals surface area contributed by atoms with Crippen LogP contribution in [0.2, 0.25) is 5.02 Å². The van der Waals surface area contributed by atoms with E-state index in [4.69, 9.17) is 11.6 Å². The minimum Gasteiger partial charge on any atom is -0.322 e. The Morgan fingerprint density at radius 1 is 1.03 bits per heavy atom. The Morgan fingerprint density at radius 3 is 2.62 bits per heavy atom. The van der Waals surface area contributed by atoms with E-state index >= 15 is 0 Å². The van der Waals surface area contributed by atoms with E-state index in [9.17, 15) is 4.79 Å². The van der Waals surface area contributed by atoms with E-state index in [-0.39, 0.29) is 5.91 Å². The van der Waals surface area contributed by atoms with E-state index in [1.54, 1.807) is 0 Å². The number of halogens is 1. The molecule has 1 N–H and O–H groups in total. The van der Waals surface area contributed by atoms with E-state index in [0.29, 0.717) is 22.8 Å². The summed E-state index contributed by atoms with van der Waals surface area (Å²) >= 11 is 6.31. The minimum absolute atomic E-state index is 0.176. The Labute approximate surface area is 203 Å². The van der Waals surface area contributed by atoms with Crippen LogP contribution in [0.25, 0.3) is 11.4 Å². The van der Waals surface area contributed by atoms with Gasteiger partial charge in [-0.15, -0.1) is 10.2 Å². The van der Waals surface area contributed by atoms with E-state index in [0.717, 1.165) is 60.0 Å². The molecule has 0 radical (unpaired) electrons. The van der Waals surface area contributed by atoms with Crippen LogP contribution in [0.3, 0.4) is 0 Å². The molecule has 8 heteroatoms. The van der Waals surface area contributed by atoms with Crippen LogP contribution in [-0.2, 0) is 19.5 Å². The van der Waals surface area contributed by atoms with Crippen molar-refractivity contribution in [2.75, 3.05) is 5.32 Å². The highest BCUT2D eigenvalue weighted by molar-refractivity contribution is 6.31. The number of carbonyl (C=O) groups is 1. The van der Waals surface area contributed by atoms with Crippen molar-refractivity contribution < 1.29 is 4.79 Å². The van der Waals surface area contributed by atoms with E-state index in [2.05, 4.69) is 25.2 Å². The molecule has 0 saturated carbocycles. The van der Waals surface area contributed by atoms with Crippen molar-refractivity contribution in [1.82, 2.24) is 24.5 Å². The first-order chi connectivity index (χ1) is 16.5. The third kappa shape index (κ3) is 4.35. The molecule has 0 fully saturated rings. The van der Waals surface area contributed by atoms with Crippen molar-refractivity contribution >= 4 is 23.2 Å². The lowest BCUT2D eigenvalue weighted by molar-refractivity contribution is 0.102. The lowest BCUT2D eigenvalue weighted by atomic mass is 10.1. The van der Waals surface area contributed by atoms with Gasteiger partial charge in [0.15, 0.2) is 5.82 Å². The standard InChI is InChI=1S/C26H27ClN6O/c1-17-24(18(2)33(31-17)16-20-8-5-6-9-22(20)27)26(34)28-21-13-11-19(12-14-21)25-30-29-23-10-4-3-7-15-32(23)25/h5-6,8-9,11-14H,3-4,7,10,15-16H2,1-2H3,(H,28,34). The van der Waals surface area contributed by atoms with Crippen LogP contribution in [0, 0.1) is 13.8 Å². The van der Waals surface area contributed by atoms with Crippen LogP contribution in [0.4, 0.5) is 5.69 Å². The summed E-state index contributed by atoms with van der Waals surface area (Å²) in [6, 6.07) is 15.5. The van der Waals surface area contributed by atoms with Gasteiger partial charge in [-0.05, 0) is 62.6 Å². The van der Waals surface area contributed by atoms with Crippen molar-refractivity contribution in [3.8, 4) is 11.4 Å². The average Bonchev–Trinajstić information content (AvgIpc) is 3.25. The Balaban J connectivity index is 1.33. The van der Waals surface area contributed by atoms with E-state index in [1.165, 1.54) is 6.42 Å². The molecule has 7 nitrogen and oxygen atoms in total. The molecule has 0 atom stereocenters. The summed E-state index contributed by atoms with van der Waals surface area (Å²) in [4.78, 5) is 13.1. The Kier molecular flexibility index (Phi) is 6.20. The zero-order valence-corrected chi connectivity index (χ0v) is 20.1. The quantitative estimate of drug-likeness (QED) is 0.418. The minimum atomic E-state index is -0.176. The second-order valence-electron chi connectivity index (χ2n) is 8.73. The highest BCUT2D eigenvalue weighted by Crippen LogP contribution is 2.25. The second kappa shape index (κ2) is 9.43. The monoisotopic (exact) mass is 474 g/mol. The van der Waals surface area contributed by atoms with Gasteiger partial charge in [-0.1, -0.05) is 36.2 Å². The van der Waals surface area contributed by atoms with Crippen molar-refractivity contribution in [2.45, 2.75) is 52.6 Å². The first-order valence-electron chi connectivity index (χ1n) is 11.6. The molecule has 0 spiro atoms. The van der Waals surface area contributed by atoms with Gasteiger partial charge >= 0.3 is 0 Å². The Hall–Kier alpha value is -3.45. The van der Waals surface area contributed by atoms with Crippen molar-refractivity contribution in [2.24, 2.45) is 0 Å². The number of fused-ring (bicyclic) bond motifs is 1. The second-order valence-corrected chi connectivity index (χ2v) is 9.14. The molecule has 0 unspecified atom stereocenters. The van der Waals surface area contributed by atoms with Crippen molar-refractivity contribution in [3.63, 3.8) is 0 Å². The zero-order valence-electron chi connectivity index (χ0n) is 19.4. The number of hydrogen-bond donors (Lipinski definition) is 1. The number of amides is 1. The molecule has 0 aliphatic carbocycles. The Morgan fingerprint density at radius 2 is 1.82 bits per heavy atom. The molecule has 0 bridgehead atoms. The molecule has 2 aromatic carbocycles. The van der Waals surface area contributed by atoms with Crippen LogP contribution in [0.15, 0.2) is 48.5 Å². The summed E-state index contributed by atoms with van der Waals surface area (Å²) in [5.74, 6) is 1.77. The van der Waals surface area contributed by atoms with Gasteiger partial charge in [-0.2, -0.15) is 5.10 Å². The number of hydrogen-bond acceptors (Lipinski definition) is 4. The van der Waals surface area contributed by atoms with Crippen LogP contribution in [-0.4, -0.2) is 30.5 Å². The topological polar surface area (TPSA) is 77.6 Å². The molecule has 1 aliphatic heterocycles. The molecule has 1 amide bonds. The molecule has 0 saturated heterocycles.